The highest BCUT2D eigenvalue weighted by Gasteiger charge is 2.34. The smallest absolute Gasteiger partial charge is 0.252 e. The van der Waals surface area contributed by atoms with Crippen LogP contribution in [0.5, 0.6) is 0 Å². The molecule has 1 atom stereocenters. The van der Waals surface area contributed by atoms with Gasteiger partial charge in [0.15, 0.2) is 0 Å². The van der Waals surface area contributed by atoms with Gasteiger partial charge in [-0.2, -0.15) is 9.29 Å². The minimum absolute atomic E-state index is 0.0926. The van der Waals surface area contributed by atoms with Gasteiger partial charge in [0.1, 0.15) is 4.21 Å². The van der Waals surface area contributed by atoms with Crippen molar-refractivity contribution >= 4 is 27.3 Å². The third-order valence-electron chi connectivity index (χ3n) is 5.27. The first-order chi connectivity index (χ1) is 14.9. The number of carbonyl (C=O) groups is 1. The van der Waals surface area contributed by atoms with Crippen LogP contribution < -0.4 is 5.32 Å². The molecule has 0 radical (unpaired) electrons. The van der Waals surface area contributed by atoms with Gasteiger partial charge in [0.05, 0.1) is 5.92 Å². The summed E-state index contributed by atoms with van der Waals surface area (Å²) in [6.07, 6.45) is 2.08. The molecule has 0 aliphatic carbocycles. The molecule has 1 saturated heterocycles. The number of thiophene rings is 1. The first kappa shape index (κ1) is 21.7. The number of rotatable bonds is 7. The molecule has 1 aromatic carbocycles. The van der Waals surface area contributed by atoms with Crippen LogP contribution in [-0.4, -0.2) is 48.4 Å². The number of piperidine rings is 1. The van der Waals surface area contributed by atoms with Gasteiger partial charge in [0.25, 0.3) is 10.0 Å². The van der Waals surface area contributed by atoms with Crippen LogP contribution >= 0.6 is 11.3 Å². The molecule has 4 rings (SSSR count). The zero-order valence-corrected chi connectivity index (χ0v) is 18.8. The maximum absolute atomic E-state index is 13.1. The number of nitrogens with zero attached hydrogens (tertiary/aromatic N) is 3. The van der Waals surface area contributed by atoms with E-state index in [0.29, 0.717) is 43.2 Å². The maximum atomic E-state index is 13.1. The third kappa shape index (κ3) is 5.03. The normalized spacial score (nSPS) is 17.5. The number of hydrogen-bond donors (Lipinski definition) is 1. The summed E-state index contributed by atoms with van der Waals surface area (Å²) in [6, 6.07) is 11.5. The summed E-state index contributed by atoms with van der Waals surface area (Å²) in [6.45, 7) is 2.81. The highest BCUT2D eigenvalue weighted by molar-refractivity contribution is 7.91. The predicted octanol–water partition coefficient (Wildman–Crippen LogP) is 2.87. The van der Waals surface area contributed by atoms with Crippen LogP contribution in [0.2, 0.25) is 0 Å². The lowest BCUT2D eigenvalue weighted by atomic mass is 9.99. The van der Waals surface area contributed by atoms with E-state index in [1.54, 1.807) is 18.4 Å². The van der Waals surface area contributed by atoms with Gasteiger partial charge in [0.2, 0.25) is 17.6 Å². The summed E-state index contributed by atoms with van der Waals surface area (Å²) in [5, 5.41) is 8.50. The van der Waals surface area contributed by atoms with Crippen LogP contribution in [0.25, 0.3) is 11.4 Å². The topological polar surface area (TPSA) is 105 Å². The van der Waals surface area contributed by atoms with E-state index < -0.39 is 10.0 Å². The lowest BCUT2D eigenvalue weighted by Crippen LogP contribution is -2.45. The Morgan fingerprint density at radius 1 is 1.32 bits per heavy atom. The van der Waals surface area contributed by atoms with Crippen LogP contribution in [0, 0.1) is 12.8 Å². The van der Waals surface area contributed by atoms with Gasteiger partial charge in [-0.1, -0.05) is 35.5 Å². The molecule has 1 aliphatic rings. The second-order valence-electron chi connectivity index (χ2n) is 7.52. The zero-order chi connectivity index (χ0) is 21.8. The monoisotopic (exact) mass is 460 g/mol. The van der Waals surface area contributed by atoms with Crippen molar-refractivity contribution in [3.05, 3.63) is 53.2 Å². The van der Waals surface area contributed by atoms with Crippen molar-refractivity contribution in [1.82, 2.24) is 19.8 Å². The second-order valence-corrected chi connectivity index (χ2v) is 10.6. The van der Waals surface area contributed by atoms with Crippen molar-refractivity contribution in [3.63, 3.8) is 0 Å². The standard InChI is InChI=1S/C21H24N4O4S2/c1-15-23-20(24-29-15)18-12-19(30-14-18)31(27,28)25-11-5-8-17(13-25)21(26)22-10-9-16-6-3-2-4-7-16/h2-4,6-7,12,14,17H,5,8-11,13H2,1H3,(H,22,26)/t17-/m1/s1. The van der Waals surface area contributed by atoms with E-state index in [1.165, 1.54) is 4.31 Å². The summed E-state index contributed by atoms with van der Waals surface area (Å²) in [5.74, 6) is 0.343. The Balaban J connectivity index is 1.38. The molecule has 2 aromatic heterocycles. The van der Waals surface area contributed by atoms with Crippen molar-refractivity contribution in [2.24, 2.45) is 5.92 Å². The molecular formula is C21H24N4O4S2. The van der Waals surface area contributed by atoms with Crippen LogP contribution in [0.4, 0.5) is 0 Å². The molecule has 164 valence electrons. The summed E-state index contributed by atoms with van der Waals surface area (Å²) in [4.78, 5) is 16.8. The Bertz CT molecular complexity index is 1140. The van der Waals surface area contributed by atoms with Crippen LogP contribution in [0.15, 0.2) is 50.5 Å². The van der Waals surface area contributed by atoms with E-state index in [1.807, 2.05) is 30.3 Å². The fraction of sp³-hybridized carbons (Fsp3) is 0.381. The lowest BCUT2D eigenvalue weighted by molar-refractivity contribution is -0.126. The van der Waals surface area contributed by atoms with Gasteiger partial charge in [-0.05, 0) is 30.9 Å². The SMILES string of the molecule is Cc1nc(-c2csc(S(=O)(=O)N3CCC[C@@H](C(=O)NCCc4ccccc4)C3)c2)no1. The number of aromatic nitrogens is 2. The van der Waals surface area contributed by atoms with Crippen molar-refractivity contribution in [2.75, 3.05) is 19.6 Å². The number of hydrogen-bond acceptors (Lipinski definition) is 7. The first-order valence-electron chi connectivity index (χ1n) is 10.1. The van der Waals surface area contributed by atoms with Crippen molar-refractivity contribution in [2.45, 2.75) is 30.4 Å². The summed E-state index contributed by atoms with van der Waals surface area (Å²) < 4.78 is 32.9. The highest BCUT2D eigenvalue weighted by Crippen LogP contribution is 2.31. The lowest BCUT2D eigenvalue weighted by Gasteiger charge is -2.30. The summed E-state index contributed by atoms with van der Waals surface area (Å²) >= 11 is 1.12. The second kappa shape index (κ2) is 9.29. The predicted molar refractivity (Wildman–Crippen MR) is 117 cm³/mol. The van der Waals surface area contributed by atoms with Gasteiger partial charge >= 0.3 is 0 Å². The molecule has 10 heteroatoms. The fourth-order valence-corrected chi connectivity index (χ4v) is 6.44. The van der Waals surface area contributed by atoms with E-state index in [-0.39, 0.29) is 22.6 Å². The first-order valence-corrected chi connectivity index (χ1v) is 12.5. The number of carbonyl (C=O) groups excluding carboxylic acids is 1. The molecule has 1 amide bonds. The molecule has 0 saturated carbocycles. The Morgan fingerprint density at radius 2 is 2.13 bits per heavy atom. The molecule has 3 heterocycles. The Hall–Kier alpha value is -2.56. The van der Waals surface area contributed by atoms with Crippen LogP contribution in [0.3, 0.4) is 0 Å². The average molecular weight is 461 g/mol. The Morgan fingerprint density at radius 3 is 2.87 bits per heavy atom. The quantitative estimate of drug-likeness (QED) is 0.581. The Kier molecular flexibility index (Phi) is 6.49. The third-order valence-corrected chi connectivity index (χ3v) is 8.55. The summed E-state index contributed by atoms with van der Waals surface area (Å²) in [5.41, 5.74) is 1.76. The molecule has 0 bridgehead atoms. The minimum atomic E-state index is -3.69. The number of benzene rings is 1. The maximum Gasteiger partial charge on any atom is 0.252 e. The van der Waals surface area contributed by atoms with Gasteiger partial charge in [-0.3, -0.25) is 4.79 Å². The molecule has 3 aromatic rings. The van der Waals surface area contributed by atoms with E-state index in [9.17, 15) is 13.2 Å². The van der Waals surface area contributed by atoms with E-state index in [0.717, 1.165) is 23.3 Å². The zero-order valence-electron chi connectivity index (χ0n) is 17.2. The Labute approximate surface area is 185 Å². The molecule has 8 nitrogen and oxygen atoms in total. The molecule has 1 fully saturated rings. The average Bonchev–Trinajstić information content (AvgIpc) is 3.44. The highest BCUT2D eigenvalue weighted by atomic mass is 32.2. The van der Waals surface area contributed by atoms with Gasteiger partial charge in [-0.15, -0.1) is 11.3 Å². The number of aryl methyl sites for hydroxylation is 1. The molecular weight excluding hydrogens is 436 g/mol. The van der Waals surface area contributed by atoms with Crippen molar-refractivity contribution in [1.29, 1.82) is 0 Å². The summed E-state index contributed by atoms with van der Waals surface area (Å²) in [7, 11) is -3.69. The van der Waals surface area contributed by atoms with E-state index in [2.05, 4.69) is 15.5 Å². The van der Waals surface area contributed by atoms with Crippen molar-refractivity contribution < 1.29 is 17.7 Å². The van der Waals surface area contributed by atoms with Crippen molar-refractivity contribution in [3.8, 4) is 11.4 Å². The largest absolute Gasteiger partial charge is 0.355 e. The molecule has 31 heavy (non-hydrogen) atoms. The van der Waals surface area contributed by atoms with Gasteiger partial charge in [0, 0.05) is 37.5 Å². The molecule has 1 N–H and O–H groups in total. The molecule has 0 unspecified atom stereocenters. The number of sulfonamides is 1. The van der Waals surface area contributed by atoms with Crippen LogP contribution in [0.1, 0.15) is 24.3 Å². The molecule has 1 aliphatic heterocycles. The van der Waals surface area contributed by atoms with E-state index >= 15 is 0 Å². The van der Waals surface area contributed by atoms with Gasteiger partial charge < -0.3 is 9.84 Å². The van der Waals surface area contributed by atoms with Gasteiger partial charge in [-0.25, -0.2) is 8.42 Å². The fourth-order valence-electron chi connectivity index (χ4n) is 3.61. The minimum Gasteiger partial charge on any atom is -0.355 e. The number of nitrogens with one attached hydrogen (secondary N) is 1. The molecule has 0 spiro atoms. The van der Waals surface area contributed by atoms with Crippen LogP contribution in [-0.2, 0) is 21.2 Å². The van der Waals surface area contributed by atoms with E-state index in [4.69, 9.17) is 4.52 Å². The number of amides is 1.